The van der Waals surface area contributed by atoms with Crippen LogP contribution >= 0.6 is 0 Å². The van der Waals surface area contributed by atoms with Crippen LogP contribution in [0.4, 0.5) is 0 Å². The normalized spacial score (nSPS) is 18.3. The monoisotopic (exact) mass is 316 g/mol. The Hall–Kier alpha value is -2.16. The lowest BCUT2D eigenvalue weighted by atomic mass is 9.97. The molecule has 0 unspecified atom stereocenters. The van der Waals surface area contributed by atoms with Gasteiger partial charge in [0.25, 0.3) is 0 Å². The van der Waals surface area contributed by atoms with Crippen LogP contribution in [-0.2, 0) is 11.2 Å². The highest BCUT2D eigenvalue weighted by atomic mass is 16.5. The fraction of sp³-hybridized carbons (Fsp3) is 0.227. The molecule has 1 aliphatic rings. The van der Waals surface area contributed by atoms with Gasteiger partial charge < -0.3 is 10.1 Å². The SMILES string of the molecule is C[C@@H](NC[C@@H]1Cc2ccccc2[CH]O1)c1cccc2ccccc12. The smallest absolute Gasteiger partial charge is 0.114 e. The molecule has 0 saturated heterocycles. The lowest BCUT2D eigenvalue weighted by Gasteiger charge is -2.26. The first-order valence-electron chi connectivity index (χ1n) is 8.59. The van der Waals surface area contributed by atoms with Crippen LogP contribution in [0.3, 0.4) is 0 Å². The van der Waals surface area contributed by atoms with E-state index in [1.807, 2.05) is 6.61 Å². The van der Waals surface area contributed by atoms with Crippen molar-refractivity contribution in [1.29, 1.82) is 0 Å². The first kappa shape index (κ1) is 15.4. The van der Waals surface area contributed by atoms with Crippen LogP contribution in [0.5, 0.6) is 0 Å². The van der Waals surface area contributed by atoms with E-state index in [1.54, 1.807) is 0 Å². The first-order chi connectivity index (χ1) is 11.8. The number of hydrogen-bond acceptors (Lipinski definition) is 2. The number of rotatable bonds is 4. The topological polar surface area (TPSA) is 21.3 Å². The second kappa shape index (κ2) is 6.76. The van der Waals surface area contributed by atoms with E-state index in [0.717, 1.165) is 13.0 Å². The Morgan fingerprint density at radius 1 is 1.00 bits per heavy atom. The lowest BCUT2D eigenvalue weighted by molar-refractivity contribution is 0.101. The van der Waals surface area contributed by atoms with Gasteiger partial charge in [0.2, 0.25) is 0 Å². The third-order valence-electron chi connectivity index (χ3n) is 4.83. The molecule has 1 heterocycles. The van der Waals surface area contributed by atoms with E-state index >= 15 is 0 Å². The minimum atomic E-state index is 0.192. The molecule has 0 saturated carbocycles. The predicted molar refractivity (Wildman–Crippen MR) is 98.8 cm³/mol. The van der Waals surface area contributed by atoms with Gasteiger partial charge in [0, 0.05) is 19.0 Å². The molecular weight excluding hydrogens is 294 g/mol. The molecule has 24 heavy (non-hydrogen) atoms. The molecule has 0 aromatic heterocycles. The first-order valence-corrected chi connectivity index (χ1v) is 8.59. The number of fused-ring (bicyclic) bond motifs is 2. The lowest BCUT2D eigenvalue weighted by Crippen LogP contribution is -2.34. The molecule has 4 rings (SSSR count). The molecule has 0 bridgehead atoms. The Kier molecular flexibility index (Phi) is 4.33. The van der Waals surface area contributed by atoms with Crippen LogP contribution in [0.2, 0.25) is 0 Å². The largest absolute Gasteiger partial charge is 0.366 e. The van der Waals surface area contributed by atoms with E-state index in [1.165, 1.54) is 27.5 Å². The minimum absolute atomic E-state index is 0.192. The van der Waals surface area contributed by atoms with E-state index < -0.39 is 0 Å². The molecular formula is C22H22NO. The molecule has 0 spiro atoms. The van der Waals surface area contributed by atoms with Crippen molar-refractivity contribution in [3.8, 4) is 0 Å². The van der Waals surface area contributed by atoms with Crippen LogP contribution in [0.25, 0.3) is 10.8 Å². The van der Waals surface area contributed by atoms with Crippen LogP contribution in [0.1, 0.15) is 29.7 Å². The number of hydrogen-bond donors (Lipinski definition) is 1. The summed E-state index contributed by atoms with van der Waals surface area (Å²) in [5, 5.41) is 6.26. The van der Waals surface area contributed by atoms with Gasteiger partial charge in [-0.25, -0.2) is 0 Å². The molecule has 1 aliphatic heterocycles. The zero-order valence-corrected chi connectivity index (χ0v) is 13.9. The molecule has 1 N–H and O–H groups in total. The van der Waals surface area contributed by atoms with Crippen LogP contribution in [-0.4, -0.2) is 12.6 Å². The summed E-state index contributed by atoms with van der Waals surface area (Å²) in [5.74, 6) is 0. The molecule has 3 aromatic carbocycles. The highest BCUT2D eigenvalue weighted by Crippen LogP contribution is 2.25. The van der Waals surface area contributed by atoms with E-state index in [0.29, 0.717) is 0 Å². The van der Waals surface area contributed by atoms with Crippen LogP contribution in [0.15, 0.2) is 66.7 Å². The highest BCUT2D eigenvalue weighted by molar-refractivity contribution is 5.86. The van der Waals surface area contributed by atoms with Gasteiger partial charge in [-0.2, -0.15) is 0 Å². The van der Waals surface area contributed by atoms with Gasteiger partial charge in [0.1, 0.15) is 6.61 Å². The number of nitrogens with one attached hydrogen (secondary N) is 1. The quantitative estimate of drug-likeness (QED) is 0.757. The average molecular weight is 316 g/mol. The third kappa shape index (κ3) is 3.08. The van der Waals surface area contributed by atoms with Crippen molar-refractivity contribution in [2.45, 2.75) is 25.5 Å². The zero-order valence-electron chi connectivity index (χ0n) is 13.9. The molecule has 2 atom stereocenters. The van der Waals surface area contributed by atoms with Crippen molar-refractivity contribution in [2.75, 3.05) is 6.54 Å². The number of ether oxygens (including phenoxy) is 1. The summed E-state index contributed by atoms with van der Waals surface area (Å²) in [6.07, 6.45) is 1.15. The summed E-state index contributed by atoms with van der Waals surface area (Å²) >= 11 is 0. The van der Waals surface area contributed by atoms with Gasteiger partial charge in [0.05, 0.1) is 6.10 Å². The fourth-order valence-corrected chi connectivity index (χ4v) is 3.46. The van der Waals surface area contributed by atoms with Gasteiger partial charge in [-0.3, -0.25) is 0 Å². The maximum atomic E-state index is 5.89. The summed E-state index contributed by atoms with van der Waals surface area (Å²) < 4.78 is 5.89. The molecule has 3 aromatic rings. The van der Waals surface area contributed by atoms with Crippen molar-refractivity contribution in [2.24, 2.45) is 0 Å². The van der Waals surface area contributed by atoms with Gasteiger partial charge >= 0.3 is 0 Å². The van der Waals surface area contributed by atoms with Crippen molar-refractivity contribution in [1.82, 2.24) is 5.32 Å². The van der Waals surface area contributed by atoms with E-state index in [9.17, 15) is 0 Å². The van der Waals surface area contributed by atoms with Crippen molar-refractivity contribution >= 4 is 10.8 Å². The van der Waals surface area contributed by atoms with Crippen LogP contribution in [0, 0.1) is 6.61 Å². The Bertz CT molecular complexity index is 837. The molecule has 0 amide bonds. The van der Waals surface area contributed by atoms with Gasteiger partial charge in [0.15, 0.2) is 0 Å². The Labute approximate surface area is 143 Å². The third-order valence-corrected chi connectivity index (χ3v) is 4.83. The Balaban J connectivity index is 1.44. The second-order valence-corrected chi connectivity index (χ2v) is 6.48. The Morgan fingerprint density at radius 3 is 2.75 bits per heavy atom. The van der Waals surface area contributed by atoms with Gasteiger partial charge in [-0.15, -0.1) is 0 Å². The highest BCUT2D eigenvalue weighted by Gasteiger charge is 2.20. The maximum Gasteiger partial charge on any atom is 0.114 e. The minimum Gasteiger partial charge on any atom is -0.366 e. The number of benzene rings is 3. The molecule has 0 fully saturated rings. The summed E-state index contributed by atoms with van der Waals surface area (Å²) in [5.41, 5.74) is 3.91. The predicted octanol–water partition coefficient (Wildman–Crippen LogP) is 4.64. The molecule has 0 aliphatic carbocycles. The summed E-state index contributed by atoms with van der Waals surface area (Å²) in [4.78, 5) is 0. The van der Waals surface area contributed by atoms with E-state index in [2.05, 4.69) is 79.0 Å². The standard InChI is InChI=1S/C22H22NO/c1-16(21-12-6-10-17-7-4-5-11-22(17)21)23-14-20-13-18-8-2-3-9-19(18)15-24-20/h2-12,15-16,20,23H,13-14H2,1H3/t16-,20+/m1/s1. The van der Waals surface area contributed by atoms with E-state index in [4.69, 9.17) is 4.74 Å². The Morgan fingerprint density at radius 2 is 1.79 bits per heavy atom. The summed E-state index contributed by atoms with van der Waals surface area (Å²) in [6, 6.07) is 23.8. The fourth-order valence-electron chi connectivity index (χ4n) is 3.46. The molecule has 2 heteroatoms. The maximum absolute atomic E-state index is 5.89. The average Bonchev–Trinajstić information content (AvgIpc) is 2.65. The van der Waals surface area contributed by atoms with Crippen LogP contribution < -0.4 is 5.32 Å². The van der Waals surface area contributed by atoms with Crippen molar-refractivity contribution in [3.63, 3.8) is 0 Å². The zero-order chi connectivity index (χ0) is 16.4. The van der Waals surface area contributed by atoms with E-state index in [-0.39, 0.29) is 12.1 Å². The molecule has 2 nitrogen and oxygen atoms in total. The van der Waals surface area contributed by atoms with Crippen molar-refractivity contribution in [3.05, 3.63) is 90.0 Å². The van der Waals surface area contributed by atoms with Gasteiger partial charge in [-0.1, -0.05) is 66.7 Å². The summed E-state index contributed by atoms with van der Waals surface area (Å²) in [6.45, 7) is 4.96. The molecule has 1 radical (unpaired) electrons. The molecule has 121 valence electrons. The second-order valence-electron chi connectivity index (χ2n) is 6.48. The van der Waals surface area contributed by atoms with Crippen molar-refractivity contribution < 1.29 is 4.74 Å². The van der Waals surface area contributed by atoms with Gasteiger partial charge in [-0.05, 0) is 34.4 Å². The summed E-state index contributed by atoms with van der Waals surface area (Å²) in [7, 11) is 0.